The zero-order valence-corrected chi connectivity index (χ0v) is 12.3. The van der Waals surface area contributed by atoms with Crippen molar-refractivity contribution in [1.29, 1.82) is 0 Å². The van der Waals surface area contributed by atoms with E-state index in [4.69, 9.17) is 4.74 Å². The Balaban J connectivity index is 1.83. The molecule has 0 aliphatic carbocycles. The highest BCUT2D eigenvalue weighted by Crippen LogP contribution is 2.15. The van der Waals surface area contributed by atoms with Gasteiger partial charge in [-0.25, -0.2) is 4.79 Å². The third kappa shape index (κ3) is 3.87. The van der Waals surface area contributed by atoms with E-state index in [1.54, 1.807) is 12.0 Å². The lowest BCUT2D eigenvalue weighted by Gasteiger charge is -2.32. The summed E-state index contributed by atoms with van der Waals surface area (Å²) in [5, 5.41) is 2.93. The molecule has 1 aromatic carbocycles. The van der Waals surface area contributed by atoms with Crippen molar-refractivity contribution in [2.75, 3.05) is 45.2 Å². The predicted molar refractivity (Wildman–Crippen MR) is 79.4 cm³/mol. The molecule has 0 spiro atoms. The number of amides is 2. The first kappa shape index (κ1) is 14.7. The lowest BCUT2D eigenvalue weighted by Crippen LogP contribution is -3.14. The number of carbonyl (C=O) groups is 1. The van der Waals surface area contributed by atoms with Gasteiger partial charge in [0.1, 0.15) is 5.75 Å². The summed E-state index contributed by atoms with van der Waals surface area (Å²) in [5.74, 6) is 0.791. The number of benzene rings is 1. The second kappa shape index (κ2) is 7.14. The summed E-state index contributed by atoms with van der Waals surface area (Å²) in [6.07, 6.45) is 1.20. The number of urea groups is 1. The van der Waals surface area contributed by atoms with Crippen LogP contribution < -0.4 is 15.0 Å². The lowest BCUT2D eigenvalue weighted by atomic mass is 10.3. The Hall–Kier alpha value is -1.75. The average Bonchev–Trinajstić information content (AvgIpc) is 2.49. The summed E-state index contributed by atoms with van der Waals surface area (Å²) in [5.41, 5.74) is 0.805. The van der Waals surface area contributed by atoms with E-state index in [0.29, 0.717) is 0 Å². The van der Waals surface area contributed by atoms with Crippen molar-refractivity contribution >= 4 is 11.7 Å². The Morgan fingerprint density at radius 2 is 1.95 bits per heavy atom. The minimum atomic E-state index is -0.00860. The number of piperazine rings is 1. The number of methoxy groups -OCH3 is 1. The van der Waals surface area contributed by atoms with Gasteiger partial charge in [-0.3, -0.25) is 0 Å². The highest BCUT2D eigenvalue weighted by Gasteiger charge is 2.22. The smallest absolute Gasteiger partial charge is 0.322 e. The predicted octanol–water partition coefficient (Wildman–Crippen LogP) is 0.838. The summed E-state index contributed by atoms with van der Waals surface area (Å²) in [6, 6.07) is 7.40. The van der Waals surface area contributed by atoms with Gasteiger partial charge in [0.25, 0.3) is 0 Å². The van der Waals surface area contributed by atoms with E-state index in [1.165, 1.54) is 13.0 Å². The normalized spacial score (nSPS) is 16.0. The van der Waals surface area contributed by atoms with Gasteiger partial charge in [0.2, 0.25) is 0 Å². The van der Waals surface area contributed by atoms with Gasteiger partial charge in [-0.15, -0.1) is 0 Å². The lowest BCUT2D eigenvalue weighted by molar-refractivity contribution is -0.904. The van der Waals surface area contributed by atoms with Crippen molar-refractivity contribution in [3.8, 4) is 5.75 Å². The van der Waals surface area contributed by atoms with Crippen LogP contribution in [0.4, 0.5) is 10.5 Å². The molecule has 0 aromatic heterocycles. The van der Waals surface area contributed by atoms with Gasteiger partial charge in [-0.2, -0.15) is 0 Å². The molecule has 0 radical (unpaired) electrons. The molecular formula is C15H24N3O2+. The van der Waals surface area contributed by atoms with E-state index in [2.05, 4.69) is 12.2 Å². The SMILES string of the molecule is CCC[NH+]1CCN(C(=O)Nc2ccc(OC)cc2)CC1. The number of hydrogen-bond donors (Lipinski definition) is 2. The van der Waals surface area contributed by atoms with Crippen LogP contribution in [-0.2, 0) is 0 Å². The van der Waals surface area contributed by atoms with Crippen LogP contribution in [0.3, 0.4) is 0 Å². The maximum absolute atomic E-state index is 12.2. The van der Waals surface area contributed by atoms with Crippen LogP contribution in [0.5, 0.6) is 5.75 Å². The highest BCUT2D eigenvalue weighted by atomic mass is 16.5. The quantitative estimate of drug-likeness (QED) is 0.857. The van der Waals surface area contributed by atoms with Crippen LogP contribution >= 0.6 is 0 Å². The summed E-state index contributed by atoms with van der Waals surface area (Å²) < 4.78 is 5.10. The molecule has 1 fully saturated rings. The molecule has 110 valence electrons. The van der Waals surface area contributed by atoms with Crippen molar-refractivity contribution in [3.05, 3.63) is 24.3 Å². The summed E-state index contributed by atoms with van der Waals surface area (Å²) in [4.78, 5) is 15.7. The molecular weight excluding hydrogens is 254 g/mol. The van der Waals surface area contributed by atoms with Crippen molar-refractivity contribution < 1.29 is 14.4 Å². The molecule has 2 N–H and O–H groups in total. The molecule has 0 saturated carbocycles. The molecule has 20 heavy (non-hydrogen) atoms. The van der Waals surface area contributed by atoms with Crippen LogP contribution in [0.1, 0.15) is 13.3 Å². The first-order chi connectivity index (χ1) is 9.72. The fourth-order valence-corrected chi connectivity index (χ4v) is 2.51. The van der Waals surface area contributed by atoms with Gasteiger partial charge < -0.3 is 19.9 Å². The van der Waals surface area contributed by atoms with Crippen LogP contribution in [0.15, 0.2) is 24.3 Å². The Labute approximate surface area is 120 Å². The fourth-order valence-electron chi connectivity index (χ4n) is 2.51. The number of ether oxygens (including phenoxy) is 1. The maximum Gasteiger partial charge on any atom is 0.322 e. The monoisotopic (exact) mass is 278 g/mol. The number of carbonyl (C=O) groups excluding carboxylic acids is 1. The minimum absolute atomic E-state index is 0.00860. The van der Waals surface area contributed by atoms with Crippen molar-refractivity contribution in [2.24, 2.45) is 0 Å². The van der Waals surface area contributed by atoms with E-state index in [0.717, 1.165) is 37.6 Å². The summed E-state index contributed by atoms with van der Waals surface area (Å²) >= 11 is 0. The van der Waals surface area contributed by atoms with Gasteiger partial charge in [-0.1, -0.05) is 6.92 Å². The molecule has 1 aromatic rings. The summed E-state index contributed by atoms with van der Waals surface area (Å²) in [6.45, 7) is 7.16. The van der Waals surface area contributed by atoms with Crippen LogP contribution in [-0.4, -0.2) is 50.8 Å². The second-order valence-corrected chi connectivity index (χ2v) is 5.15. The molecule has 1 aliphatic heterocycles. The fraction of sp³-hybridized carbons (Fsp3) is 0.533. The molecule has 1 heterocycles. The first-order valence-electron chi connectivity index (χ1n) is 7.26. The van der Waals surface area contributed by atoms with Crippen molar-refractivity contribution in [1.82, 2.24) is 4.90 Å². The number of rotatable bonds is 4. The van der Waals surface area contributed by atoms with Gasteiger partial charge >= 0.3 is 6.03 Å². The summed E-state index contributed by atoms with van der Waals surface area (Å²) in [7, 11) is 1.63. The maximum atomic E-state index is 12.2. The molecule has 2 amide bonds. The standard InChI is InChI=1S/C15H23N3O2/c1-3-8-17-9-11-18(12-10-17)15(19)16-13-4-6-14(20-2)7-5-13/h4-7H,3,8-12H2,1-2H3,(H,16,19)/p+1. The van der Waals surface area contributed by atoms with Gasteiger partial charge in [0, 0.05) is 5.69 Å². The molecule has 0 atom stereocenters. The molecule has 0 bridgehead atoms. The number of nitrogens with one attached hydrogen (secondary N) is 2. The van der Waals surface area contributed by atoms with Gasteiger partial charge in [0.15, 0.2) is 0 Å². The van der Waals surface area contributed by atoms with E-state index in [-0.39, 0.29) is 6.03 Å². The molecule has 0 unspecified atom stereocenters. The van der Waals surface area contributed by atoms with Crippen LogP contribution in [0.2, 0.25) is 0 Å². The van der Waals surface area contributed by atoms with Gasteiger partial charge in [-0.05, 0) is 30.7 Å². The highest BCUT2D eigenvalue weighted by molar-refractivity contribution is 5.89. The zero-order chi connectivity index (χ0) is 14.4. The van der Waals surface area contributed by atoms with Crippen molar-refractivity contribution in [3.63, 3.8) is 0 Å². The largest absolute Gasteiger partial charge is 0.497 e. The third-order valence-electron chi connectivity index (χ3n) is 3.70. The van der Waals surface area contributed by atoms with E-state index < -0.39 is 0 Å². The molecule has 2 rings (SSSR count). The van der Waals surface area contributed by atoms with E-state index in [9.17, 15) is 4.79 Å². The Morgan fingerprint density at radius 1 is 1.30 bits per heavy atom. The van der Waals surface area contributed by atoms with Crippen LogP contribution in [0, 0.1) is 0 Å². The molecule has 1 saturated heterocycles. The van der Waals surface area contributed by atoms with E-state index in [1.807, 2.05) is 29.2 Å². The Morgan fingerprint density at radius 3 is 2.50 bits per heavy atom. The average molecular weight is 278 g/mol. The molecule has 5 heteroatoms. The van der Waals surface area contributed by atoms with Gasteiger partial charge in [0.05, 0.1) is 39.8 Å². The molecule has 1 aliphatic rings. The topological polar surface area (TPSA) is 46.0 Å². The Kier molecular flexibility index (Phi) is 5.24. The van der Waals surface area contributed by atoms with Crippen LogP contribution in [0.25, 0.3) is 0 Å². The molecule has 5 nitrogen and oxygen atoms in total. The zero-order valence-electron chi connectivity index (χ0n) is 12.3. The first-order valence-corrected chi connectivity index (χ1v) is 7.26. The number of hydrogen-bond acceptors (Lipinski definition) is 2. The van der Waals surface area contributed by atoms with Crippen molar-refractivity contribution in [2.45, 2.75) is 13.3 Å². The Bertz CT molecular complexity index is 425. The van der Waals surface area contributed by atoms with E-state index >= 15 is 0 Å². The number of nitrogens with zero attached hydrogens (tertiary/aromatic N) is 1. The number of quaternary nitrogens is 1. The second-order valence-electron chi connectivity index (χ2n) is 5.15. The number of anilines is 1. The minimum Gasteiger partial charge on any atom is -0.497 e. The third-order valence-corrected chi connectivity index (χ3v) is 3.70.